The first kappa shape index (κ1) is 16.0. The van der Waals surface area contributed by atoms with Gasteiger partial charge in [-0.25, -0.2) is 9.97 Å². The molecular formula is C13H11Cl2N5O2. The maximum absolute atomic E-state index is 11.3. The Hall–Kier alpha value is -2.38. The molecule has 0 aliphatic heterocycles. The number of anilines is 3. The molecule has 9 heteroatoms. The van der Waals surface area contributed by atoms with E-state index in [4.69, 9.17) is 23.2 Å². The molecule has 2 rings (SSSR count). The number of aromatic nitrogens is 2. The Morgan fingerprint density at radius 1 is 1.32 bits per heavy atom. The van der Waals surface area contributed by atoms with Gasteiger partial charge < -0.3 is 10.6 Å². The zero-order valence-electron chi connectivity index (χ0n) is 11.2. The van der Waals surface area contributed by atoms with Crippen molar-refractivity contribution in [1.29, 1.82) is 0 Å². The molecule has 0 atom stereocenters. The fourth-order valence-corrected chi connectivity index (χ4v) is 2.00. The van der Waals surface area contributed by atoms with E-state index in [-0.39, 0.29) is 17.3 Å². The van der Waals surface area contributed by atoms with E-state index in [1.165, 1.54) is 6.33 Å². The molecule has 0 saturated carbocycles. The number of hydrogen-bond donors (Lipinski definition) is 2. The number of benzene rings is 1. The van der Waals surface area contributed by atoms with Crippen molar-refractivity contribution in [3.05, 3.63) is 57.3 Å². The zero-order valence-corrected chi connectivity index (χ0v) is 12.7. The SMILES string of the molecule is C=CCNc1ncnc(Nc2cc(Cl)ccc2Cl)c1[N+](=O)[O-]. The topological polar surface area (TPSA) is 93.0 Å². The van der Waals surface area contributed by atoms with Crippen molar-refractivity contribution >= 4 is 46.2 Å². The van der Waals surface area contributed by atoms with E-state index in [9.17, 15) is 10.1 Å². The molecule has 0 aliphatic rings. The van der Waals surface area contributed by atoms with Crippen LogP contribution in [-0.4, -0.2) is 21.4 Å². The van der Waals surface area contributed by atoms with Crippen LogP contribution in [0, 0.1) is 10.1 Å². The highest BCUT2D eigenvalue weighted by atomic mass is 35.5. The summed E-state index contributed by atoms with van der Waals surface area (Å²) in [7, 11) is 0. The Bertz CT molecular complexity index is 724. The molecule has 2 N–H and O–H groups in total. The maximum atomic E-state index is 11.3. The molecule has 1 aromatic heterocycles. The lowest BCUT2D eigenvalue weighted by Crippen LogP contribution is -2.08. The van der Waals surface area contributed by atoms with Gasteiger partial charge in [-0.1, -0.05) is 29.3 Å². The van der Waals surface area contributed by atoms with Crippen LogP contribution in [-0.2, 0) is 0 Å². The van der Waals surface area contributed by atoms with Gasteiger partial charge in [0.15, 0.2) is 0 Å². The predicted octanol–water partition coefficient (Wildman–Crippen LogP) is 4.03. The van der Waals surface area contributed by atoms with Gasteiger partial charge in [0.25, 0.3) is 0 Å². The summed E-state index contributed by atoms with van der Waals surface area (Å²) in [6.45, 7) is 3.87. The van der Waals surface area contributed by atoms with Crippen LogP contribution < -0.4 is 10.6 Å². The molecule has 114 valence electrons. The van der Waals surface area contributed by atoms with Gasteiger partial charge in [-0.3, -0.25) is 10.1 Å². The highest BCUT2D eigenvalue weighted by Crippen LogP contribution is 2.34. The van der Waals surface area contributed by atoms with E-state index in [0.29, 0.717) is 22.3 Å². The smallest absolute Gasteiger partial charge is 0.353 e. The average molecular weight is 340 g/mol. The third-order valence-corrected chi connectivity index (χ3v) is 3.16. The summed E-state index contributed by atoms with van der Waals surface area (Å²) >= 11 is 11.9. The van der Waals surface area contributed by atoms with Crippen LogP contribution in [0.15, 0.2) is 37.2 Å². The Labute approximate surface area is 136 Å². The summed E-state index contributed by atoms with van der Waals surface area (Å²) in [4.78, 5) is 18.5. The third kappa shape index (κ3) is 3.63. The standard InChI is InChI=1S/C13H11Cl2N5O2/c1-2-5-16-12-11(20(21)22)13(18-7-17-12)19-10-6-8(14)3-4-9(10)15/h2-4,6-7H,1,5H2,(H2,16,17,18,19). The van der Waals surface area contributed by atoms with Crippen molar-refractivity contribution in [1.82, 2.24) is 9.97 Å². The molecule has 2 aromatic rings. The van der Waals surface area contributed by atoms with E-state index in [1.807, 2.05) is 0 Å². The molecule has 1 aromatic carbocycles. The van der Waals surface area contributed by atoms with Crippen molar-refractivity contribution < 1.29 is 4.92 Å². The van der Waals surface area contributed by atoms with Crippen LogP contribution >= 0.6 is 23.2 Å². The van der Waals surface area contributed by atoms with Crippen LogP contribution in [0.1, 0.15) is 0 Å². The molecular weight excluding hydrogens is 329 g/mol. The van der Waals surface area contributed by atoms with Crippen molar-refractivity contribution in [2.45, 2.75) is 0 Å². The molecule has 1 heterocycles. The van der Waals surface area contributed by atoms with Gasteiger partial charge in [-0.2, -0.15) is 0 Å². The molecule has 0 radical (unpaired) electrons. The highest BCUT2D eigenvalue weighted by molar-refractivity contribution is 6.35. The minimum Gasteiger partial charge on any atom is -0.361 e. The van der Waals surface area contributed by atoms with E-state index in [0.717, 1.165) is 0 Å². The third-order valence-electron chi connectivity index (χ3n) is 2.60. The molecule has 0 bridgehead atoms. The Morgan fingerprint density at radius 3 is 2.73 bits per heavy atom. The van der Waals surface area contributed by atoms with Crippen molar-refractivity contribution in [3.8, 4) is 0 Å². The first-order valence-electron chi connectivity index (χ1n) is 6.09. The summed E-state index contributed by atoms with van der Waals surface area (Å²) in [6.07, 6.45) is 2.77. The highest BCUT2D eigenvalue weighted by Gasteiger charge is 2.23. The summed E-state index contributed by atoms with van der Waals surface area (Å²) < 4.78 is 0. The Balaban J connectivity index is 2.43. The summed E-state index contributed by atoms with van der Waals surface area (Å²) in [5.41, 5.74) is 0.117. The van der Waals surface area contributed by atoms with Crippen LogP contribution in [0.25, 0.3) is 0 Å². The van der Waals surface area contributed by atoms with Gasteiger partial charge in [0, 0.05) is 11.6 Å². The van der Waals surface area contributed by atoms with Gasteiger partial charge in [-0.15, -0.1) is 6.58 Å². The predicted molar refractivity (Wildman–Crippen MR) is 87.1 cm³/mol. The number of rotatable bonds is 6. The minimum atomic E-state index is -0.577. The second-order valence-electron chi connectivity index (χ2n) is 4.10. The maximum Gasteiger partial charge on any atom is 0.353 e. The number of nitro groups is 1. The normalized spacial score (nSPS) is 10.1. The largest absolute Gasteiger partial charge is 0.361 e. The fraction of sp³-hybridized carbons (Fsp3) is 0.0769. The Morgan fingerprint density at radius 2 is 2.05 bits per heavy atom. The van der Waals surface area contributed by atoms with Crippen molar-refractivity contribution in [3.63, 3.8) is 0 Å². The van der Waals surface area contributed by atoms with Crippen LogP contribution in [0.5, 0.6) is 0 Å². The van der Waals surface area contributed by atoms with Crippen molar-refractivity contribution in [2.24, 2.45) is 0 Å². The van der Waals surface area contributed by atoms with E-state index in [1.54, 1.807) is 24.3 Å². The first-order valence-corrected chi connectivity index (χ1v) is 6.84. The lowest BCUT2D eigenvalue weighted by atomic mass is 10.3. The second kappa shape index (κ2) is 7.06. The number of hydrogen-bond acceptors (Lipinski definition) is 6. The number of nitrogens with zero attached hydrogens (tertiary/aromatic N) is 3. The number of halogens is 2. The van der Waals surface area contributed by atoms with Gasteiger partial charge in [-0.05, 0) is 18.2 Å². The quantitative estimate of drug-likeness (QED) is 0.468. The molecule has 0 spiro atoms. The van der Waals surface area contributed by atoms with Gasteiger partial charge in [0.2, 0.25) is 11.6 Å². The lowest BCUT2D eigenvalue weighted by Gasteiger charge is -2.10. The molecule has 0 amide bonds. The van der Waals surface area contributed by atoms with E-state index < -0.39 is 4.92 Å². The monoisotopic (exact) mass is 339 g/mol. The molecule has 0 fully saturated rings. The Kier molecular flexibility index (Phi) is 5.13. The number of nitrogens with one attached hydrogen (secondary N) is 2. The van der Waals surface area contributed by atoms with Gasteiger partial charge >= 0.3 is 5.69 Å². The molecule has 0 saturated heterocycles. The average Bonchev–Trinajstić information content (AvgIpc) is 2.48. The summed E-state index contributed by atoms with van der Waals surface area (Å²) in [5.74, 6) is 0.0938. The summed E-state index contributed by atoms with van der Waals surface area (Å²) in [5, 5.41) is 17.7. The van der Waals surface area contributed by atoms with E-state index in [2.05, 4.69) is 27.2 Å². The van der Waals surface area contributed by atoms with Crippen molar-refractivity contribution in [2.75, 3.05) is 17.2 Å². The summed E-state index contributed by atoms with van der Waals surface area (Å²) in [6, 6.07) is 4.74. The molecule has 0 unspecified atom stereocenters. The molecule has 22 heavy (non-hydrogen) atoms. The second-order valence-corrected chi connectivity index (χ2v) is 4.94. The van der Waals surface area contributed by atoms with Crippen LogP contribution in [0.3, 0.4) is 0 Å². The van der Waals surface area contributed by atoms with Crippen LogP contribution in [0.2, 0.25) is 10.0 Å². The minimum absolute atomic E-state index is 0.00993. The lowest BCUT2D eigenvalue weighted by molar-refractivity contribution is -0.383. The molecule has 0 aliphatic carbocycles. The van der Waals surface area contributed by atoms with Crippen LogP contribution in [0.4, 0.5) is 23.0 Å². The fourth-order valence-electron chi connectivity index (χ4n) is 1.66. The zero-order chi connectivity index (χ0) is 16.1. The van der Waals surface area contributed by atoms with Gasteiger partial charge in [0.1, 0.15) is 6.33 Å². The first-order chi connectivity index (χ1) is 10.5. The molecule has 7 nitrogen and oxygen atoms in total. The van der Waals surface area contributed by atoms with Gasteiger partial charge in [0.05, 0.1) is 15.6 Å². The van der Waals surface area contributed by atoms with E-state index >= 15 is 0 Å².